The van der Waals surface area contributed by atoms with Crippen molar-refractivity contribution in [1.82, 2.24) is 4.90 Å². The van der Waals surface area contributed by atoms with Crippen LogP contribution in [0.5, 0.6) is 0 Å². The topological polar surface area (TPSA) is 63.4 Å². The van der Waals surface area contributed by atoms with E-state index < -0.39 is 5.54 Å². The number of nitrogens with two attached hydrogens (primary N) is 1. The summed E-state index contributed by atoms with van der Waals surface area (Å²) in [5.41, 5.74) is 5.44. The maximum absolute atomic E-state index is 12.4. The molecular formula is C13H20N2O2. The molecule has 94 valence electrons. The molecule has 3 unspecified atom stereocenters. The van der Waals surface area contributed by atoms with E-state index >= 15 is 0 Å². The number of carbonyl (C=O) groups is 2. The lowest BCUT2D eigenvalue weighted by molar-refractivity contribution is -0.147. The Labute approximate surface area is 102 Å². The van der Waals surface area contributed by atoms with Crippen molar-refractivity contribution in [1.29, 1.82) is 0 Å². The highest BCUT2D eigenvalue weighted by molar-refractivity contribution is 6.06. The molecule has 4 nitrogen and oxygen atoms in total. The van der Waals surface area contributed by atoms with Crippen LogP contribution in [0.4, 0.5) is 0 Å². The third-order valence-electron chi connectivity index (χ3n) is 4.97. The van der Waals surface area contributed by atoms with Crippen LogP contribution in [-0.2, 0) is 9.59 Å². The summed E-state index contributed by atoms with van der Waals surface area (Å²) in [6.07, 6.45) is 4.98. The summed E-state index contributed by atoms with van der Waals surface area (Å²) in [5.74, 6) is 0.466. The molecule has 3 fully saturated rings. The average Bonchev–Trinajstić information content (AvgIpc) is 3.00. The lowest BCUT2D eigenvalue weighted by Crippen LogP contribution is -2.56. The van der Waals surface area contributed by atoms with Crippen molar-refractivity contribution < 1.29 is 9.59 Å². The molecule has 0 bridgehead atoms. The van der Waals surface area contributed by atoms with E-state index in [1.807, 2.05) is 6.92 Å². The molecule has 0 aromatic heterocycles. The normalized spacial score (nSPS) is 36.2. The summed E-state index contributed by atoms with van der Waals surface area (Å²) in [6, 6.07) is 0. The molecule has 1 heterocycles. The van der Waals surface area contributed by atoms with Gasteiger partial charge in [0, 0.05) is 6.54 Å². The molecule has 4 heteroatoms. The van der Waals surface area contributed by atoms with Gasteiger partial charge in [-0.1, -0.05) is 6.42 Å². The Hall–Kier alpha value is -0.900. The Morgan fingerprint density at radius 1 is 1.18 bits per heavy atom. The Morgan fingerprint density at radius 3 is 2.12 bits per heavy atom. The molecule has 2 saturated carbocycles. The molecule has 3 rings (SSSR count). The number of hydrogen-bond donors (Lipinski definition) is 1. The highest BCUT2D eigenvalue weighted by Crippen LogP contribution is 2.48. The summed E-state index contributed by atoms with van der Waals surface area (Å²) in [6.45, 7) is 2.39. The standard InChI is InChI=1S/C13H20N2O2/c1-13(7-14,8-5-6-8)15-11(16)9-3-2-4-10(9)12(15)17/h8-10H,2-7,14H2,1H3. The minimum Gasteiger partial charge on any atom is -0.328 e. The van der Waals surface area contributed by atoms with E-state index in [-0.39, 0.29) is 23.7 Å². The average molecular weight is 236 g/mol. The van der Waals surface area contributed by atoms with Gasteiger partial charge in [-0.3, -0.25) is 14.5 Å². The van der Waals surface area contributed by atoms with Crippen LogP contribution in [0.15, 0.2) is 0 Å². The zero-order chi connectivity index (χ0) is 12.2. The number of imide groups is 1. The number of amides is 2. The molecule has 0 spiro atoms. The van der Waals surface area contributed by atoms with Crippen molar-refractivity contribution in [2.24, 2.45) is 23.5 Å². The van der Waals surface area contributed by atoms with Gasteiger partial charge in [0.1, 0.15) is 0 Å². The second-order valence-corrected chi connectivity index (χ2v) is 5.99. The van der Waals surface area contributed by atoms with Gasteiger partial charge in [0.15, 0.2) is 0 Å². The molecule has 0 aromatic rings. The minimum absolute atomic E-state index is 0.0351. The molecular weight excluding hydrogens is 216 g/mol. The third-order valence-corrected chi connectivity index (χ3v) is 4.97. The Balaban J connectivity index is 1.92. The van der Waals surface area contributed by atoms with Crippen LogP contribution < -0.4 is 5.73 Å². The van der Waals surface area contributed by atoms with E-state index in [2.05, 4.69) is 0 Å². The van der Waals surface area contributed by atoms with Crippen LogP contribution in [-0.4, -0.2) is 28.8 Å². The van der Waals surface area contributed by atoms with E-state index in [0.29, 0.717) is 12.5 Å². The molecule has 2 N–H and O–H groups in total. The van der Waals surface area contributed by atoms with Crippen molar-refractivity contribution in [3.8, 4) is 0 Å². The number of likely N-dealkylation sites (tertiary alicyclic amines) is 1. The van der Waals surface area contributed by atoms with Gasteiger partial charge in [0.05, 0.1) is 17.4 Å². The molecule has 1 saturated heterocycles. The van der Waals surface area contributed by atoms with Gasteiger partial charge in [-0.15, -0.1) is 0 Å². The molecule has 1 aliphatic heterocycles. The molecule has 0 radical (unpaired) electrons. The predicted molar refractivity (Wildman–Crippen MR) is 62.9 cm³/mol. The fraction of sp³-hybridized carbons (Fsp3) is 0.846. The van der Waals surface area contributed by atoms with Crippen LogP contribution in [0, 0.1) is 17.8 Å². The smallest absolute Gasteiger partial charge is 0.233 e. The minimum atomic E-state index is -0.418. The highest BCUT2D eigenvalue weighted by Gasteiger charge is 2.58. The van der Waals surface area contributed by atoms with E-state index in [1.54, 1.807) is 4.90 Å². The number of rotatable bonds is 3. The second-order valence-electron chi connectivity index (χ2n) is 5.99. The zero-order valence-electron chi connectivity index (χ0n) is 10.3. The van der Waals surface area contributed by atoms with Gasteiger partial charge in [0.2, 0.25) is 11.8 Å². The zero-order valence-corrected chi connectivity index (χ0v) is 10.3. The largest absolute Gasteiger partial charge is 0.328 e. The number of fused-ring (bicyclic) bond motifs is 1. The first-order valence-corrected chi connectivity index (χ1v) is 6.67. The van der Waals surface area contributed by atoms with E-state index in [0.717, 1.165) is 32.1 Å². The van der Waals surface area contributed by atoms with E-state index in [4.69, 9.17) is 5.73 Å². The van der Waals surface area contributed by atoms with Crippen LogP contribution in [0.25, 0.3) is 0 Å². The van der Waals surface area contributed by atoms with Gasteiger partial charge >= 0.3 is 0 Å². The fourth-order valence-electron chi connectivity index (χ4n) is 3.64. The first-order chi connectivity index (χ1) is 8.09. The number of nitrogens with zero attached hydrogens (tertiary/aromatic N) is 1. The highest BCUT2D eigenvalue weighted by atomic mass is 16.2. The third kappa shape index (κ3) is 1.39. The second kappa shape index (κ2) is 3.55. The number of carbonyl (C=O) groups excluding carboxylic acids is 2. The lowest BCUT2D eigenvalue weighted by Gasteiger charge is -2.37. The molecule has 3 atom stereocenters. The maximum atomic E-state index is 12.4. The summed E-state index contributed by atoms with van der Waals surface area (Å²) in [7, 11) is 0. The summed E-state index contributed by atoms with van der Waals surface area (Å²) >= 11 is 0. The van der Waals surface area contributed by atoms with Gasteiger partial charge in [-0.2, -0.15) is 0 Å². The first kappa shape index (κ1) is 11.2. The van der Waals surface area contributed by atoms with Crippen molar-refractivity contribution in [2.45, 2.75) is 44.6 Å². The van der Waals surface area contributed by atoms with Gasteiger partial charge in [-0.25, -0.2) is 0 Å². The Kier molecular flexibility index (Phi) is 2.34. The van der Waals surface area contributed by atoms with Crippen LogP contribution in [0.1, 0.15) is 39.0 Å². The molecule has 2 aliphatic carbocycles. The van der Waals surface area contributed by atoms with Crippen molar-refractivity contribution in [2.75, 3.05) is 6.54 Å². The lowest BCUT2D eigenvalue weighted by atomic mass is 9.93. The van der Waals surface area contributed by atoms with E-state index in [1.165, 1.54) is 0 Å². The first-order valence-electron chi connectivity index (χ1n) is 6.67. The summed E-state index contributed by atoms with van der Waals surface area (Å²) < 4.78 is 0. The summed E-state index contributed by atoms with van der Waals surface area (Å²) in [4.78, 5) is 26.3. The quantitative estimate of drug-likeness (QED) is 0.740. The summed E-state index contributed by atoms with van der Waals surface area (Å²) in [5, 5.41) is 0. The van der Waals surface area contributed by atoms with Crippen LogP contribution in [0.3, 0.4) is 0 Å². The molecule has 2 amide bonds. The number of hydrogen-bond acceptors (Lipinski definition) is 3. The van der Waals surface area contributed by atoms with Crippen LogP contribution in [0.2, 0.25) is 0 Å². The van der Waals surface area contributed by atoms with Gasteiger partial charge in [0.25, 0.3) is 0 Å². The molecule has 0 aromatic carbocycles. The predicted octanol–water partition coefficient (Wildman–Crippen LogP) is 0.899. The molecule has 17 heavy (non-hydrogen) atoms. The van der Waals surface area contributed by atoms with Crippen LogP contribution >= 0.6 is 0 Å². The van der Waals surface area contributed by atoms with Crippen molar-refractivity contribution in [3.63, 3.8) is 0 Å². The molecule has 3 aliphatic rings. The van der Waals surface area contributed by atoms with Gasteiger partial charge < -0.3 is 5.73 Å². The van der Waals surface area contributed by atoms with Crippen molar-refractivity contribution in [3.05, 3.63) is 0 Å². The monoisotopic (exact) mass is 236 g/mol. The fourth-order valence-corrected chi connectivity index (χ4v) is 3.64. The Bertz CT molecular complexity index is 356. The van der Waals surface area contributed by atoms with E-state index in [9.17, 15) is 9.59 Å². The van der Waals surface area contributed by atoms with Gasteiger partial charge in [-0.05, 0) is 38.5 Å². The van der Waals surface area contributed by atoms with Crippen molar-refractivity contribution >= 4 is 11.8 Å². The SMILES string of the molecule is CC(CN)(C1CC1)N1C(=O)C2CCCC2C1=O. The Morgan fingerprint density at radius 2 is 1.71 bits per heavy atom. The maximum Gasteiger partial charge on any atom is 0.233 e.